The third-order valence-corrected chi connectivity index (χ3v) is 5.41. The highest BCUT2D eigenvalue weighted by atomic mass is 35.5. The smallest absolute Gasteiger partial charge is 0.263 e. The number of aromatic nitrogens is 6. The van der Waals surface area contributed by atoms with E-state index in [2.05, 4.69) is 25.5 Å². The number of hydrogen-bond acceptors (Lipinski definition) is 6. The lowest BCUT2D eigenvalue weighted by molar-refractivity contribution is -0.118. The van der Waals surface area contributed by atoms with Crippen molar-refractivity contribution in [1.82, 2.24) is 29.5 Å². The second-order valence-electron chi connectivity index (χ2n) is 7.90. The number of H-pyrrole nitrogens is 1. The summed E-state index contributed by atoms with van der Waals surface area (Å²) in [5, 5.41) is 12.4. The lowest BCUT2D eigenvalue weighted by atomic mass is 10.2. The van der Waals surface area contributed by atoms with Gasteiger partial charge >= 0.3 is 0 Å². The summed E-state index contributed by atoms with van der Waals surface area (Å²) in [5.41, 5.74) is 2.43. The normalized spacial score (nSPS) is 11.1. The molecule has 176 valence electrons. The van der Waals surface area contributed by atoms with E-state index in [1.54, 1.807) is 41.9 Å². The Hall–Kier alpha value is -4.44. The number of fused-ring (bicyclic) bond motifs is 1. The Balaban J connectivity index is 1.45. The van der Waals surface area contributed by atoms with Crippen LogP contribution in [0.3, 0.4) is 0 Å². The molecule has 0 bridgehead atoms. The zero-order valence-corrected chi connectivity index (χ0v) is 19.6. The van der Waals surface area contributed by atoms with E-state index in [1.807, 2.05) is 31.2 Å². The number of carbonyl (C=O) groups is 1. The largest absolute Gasteiger partial charge is 0.484 e. The molecule has 0 radical (unpaired) electrons. The molecule has 0 aliphatic rings. The average molecular weight is 490 g/mol. The fourth-order valence-corrected chi connectivity index (χ4v) is 3.69. The summed E-state index contributed by atoms with van der Waals surface area (Å²) in [7, 11) is 0. The van der Waals surface area contributed by atoms with Crippen molar-refractivity contribution in [3.63, 3.8) is 0 Å². The molecule has 0 saturated carbocycles. The van der Waals surface area contributed by atoms with Gasteiger partial charge in [-0.05, 0) is 55.8 Å². The Morgan fingerprint density at radius 3 is 2.69 bits per heavy atom. The zero-order chi connectivity index (χ0) is 24.5. The highest BCUT2D eigenvalue weighted by Crippen LogP contribution is 2.19. The number of anilines is 1. The van der Waals surface area contributed by atoms with Crippen molar-refractivity contribution >= 4 is 34.4 Å². The minimum atomic E-state index is -0.408. The van der Waals surface area contributed by atoms with Gasteiger partial charge in [0.15, 0.2) is 12.3 Å². The van der Waals surface area contributed by atoms with Gasteiger partial charge in [-0.25, -0.2) is 4.68 Å². The predicted molar refractivity (Wildman–Crippen MR) is 132 cm³/mol. The molecule has 0 spiro atoms. The lowest BCUT2D eigenvalue weighted by Crippen LogP contribution is -2.23. The molecule has 5 aromatic rings. The molecule has 0 fully saturated rings. The van der Waals surface area contributed by atoms with Crippen LogP contribution in [0.4, 0.5) is 5.82 Å². The van der Waals surface area contributed by atoms with Crippen molar-refractivity contribution in [1.29, 1.82) is 0 Å². The first kappa shape index (κ1) is 22.4. The number of hydrogen-bond donors (Lipinski definition) is 2. The number of nitrogens with one attached hydrogen (secondary N) is 2. The van der Waals surface area contributed by atoms with Gasteiger partial charge in [-0.1, -0.05) is 23.7 Å². The summed E-state index contributed by atoms with van der Waals surface area (Å²) >= 11 is 5.87. The molecule has 0 aliphatic heterocycles. The number of rotatable bonds is 6. The highest BCUT2D eigenvalue weighted by Gasteiger charge is 2.17. The monoisotopic (exact) mass is 489 g/mol. The van der Waals surface area contributed by atoms with Gasteiger partial charge in [-0.2, -0.15) is 19.9 Å². The molecular formula is C24H20ClN7O3. The van der Waals surface area contributed by atoms with Crippen LogP contribution in [-0.2, 0) is 4.79 Å². The summed E-state index contributed by atoms with van der Waals surface area (Å²) < 4.78 is 8.46. The highest BCUT2D eigenvalue weighted by molar-refractivity contribution is 6.30. The summed E-state index contributed by atoms with van der Waals surface area (Å²) in [6.45, 7) is 3.51. The van der Waals surface area contributed by atoms with E-state index in [-0.39, 0.29) is 18.1 Å². The molecule has 3 heterocycles. The molecule has 11 heteroatoms. The first-order chi connectivity index (χ1) is 16.9. The molecule has 5 rings (SSSR count). The number of carbonyl (C=O) groups excluding carboxylic acids is 1. The van der Waals surface area contributed by atoms with Crippen molar-refractivity contribution in [3.8, 4) is 17.4 Å². The van der Waals surface area contributed by atoms with Gasteiger partial charge in [0.25, 0.3) is 11.5 Å². The first-order valence-electron chi connectivity index (χ1n) is 10.7. The summed E-state index contributed by atoms with van der Waals surface area (Å²) in [5.74, 6) is 0.569. The number of nitrogens with zero attached hydrogens (tertiary/aromatic N) is 5. The van der Waals surface area contributed by atoms with E-state index in [9.17, 15) is 9.59 Å². The van der Waals surface area contributed by atoms with Gasteiger partial charge in [0, 0.05) is 11.1 Å². The molecule has 0 unspecified atom stereocenters. The van der Waals surface area contributed by atoms with E-state index in [4.69, 9.17) is 16.3 Å². The molecular weight excluding hydrogens is 470 g/mol. The van der Waals surface area contributed by atoms with E-state index >= 15 is 0 Å². The Kier molecular flexibility index (Phi) is 5.79. The number of aryl methyl sites for hydroxylation is 2. The van der Waals surface area contributed by atoms with Crippen LogP contribution in [-0.4, -0.2) is 42.0 Å². The van der Waals surface area contributed by atoms with Gasteiger partial charge in [-0.3, -0.25) is 14.6 Å². The molecule has 0 atom stereocenters. The van der Waals surface area contributed by atoms with Crippen molar-refractivity contribution < 1.29 is 9.53 Å². The predicted octanol–water partition coefficient (Wildman–Crippen LogP) is 3.58. The summed E-state index contributed by atoms with van der Waals surface area (Å²) in [6.07, 6.45) is 1.47. The number of amides is 1. The van der Waals surface area contributed by atoms with Crippen LogP contribution in [0.1, 0.15) is 11.3 Å². The van der Waals surface area contributed by atoms with Crippen LogP contribution in [0.25, 0.3) is 22.7 Å². The lowest BCUT2D eigenvalue weighted by Gasteiger charge is -2.10. The van der Waals surface area contributed by atoms with E-state index in [0.717, 1.165) is 11.3 Å². The summed E-state index contributed by atoms with van der Waals surface area (Å²) in [6, 6.07) is 16.1. The van der Waals surface area contributed by atoms with Gasteiger partial charge in [-0.15, -0.1) is 0 Å². The minimum Gasteiger partial charge on any atom is -0.484 e. The Bertz CT molecular complexity index is 1600. The molecule has 10 nitrogen and oxygen atoms in total. The fraction of sp³-hybridized carbons (Fsp3) is 0.125. The Morgan fingerprint density at radius 1 is 1.11 bits per heavy atom. The molecule has 2 N–H and O–H groups in total. The second-order valence-corrected chi connectivity index (χ2v) is 8.33. The second kappa shape index (κ2) is 9.07. The van der Waals surface area contributed by atoms with Crippen LogP contribution in [0.5, 0.6) is 5.75 Å². The average Bonchev–Trinajstić information content (AvgIpc) is 3.42. The van der Waals surface area contributed by atoms with E-state index in [1.165, 1.54) is 10.9 Å². The standard InChI is InChI=1S/C24H20ClN7O3/c1-14-4-3-5-17(10-14)31-22-19(12-26-31)23(34)29-24(28-22)32-20(11-15(2)30-32)27-21(33)13-35-18-8-6-16(25)7-9-18/h3-12H,13H2,1-2H3,(H,27,33)(H,28,29,34). The van der Waals surface area contributed by atoms with Crippen LogP contribution in [0.2, 0.25) is 5.02 Å². The molecule has 35 heavy (non-hydrogen) atoms. The van der Waals surface area contributed by atoms with Gasteiger partial charge in [0.2, 0.25) is 5.95 Å². The van der Waals surface area contributed by atoms with Gasteiger partial charge < -0.3 is 10.1 Å². The molecule has 0 aliphatic carbocycles. The molecule has 3 aromatic heterocycles. The van der Waals surface area contributed by atoms with Crippen LogP contribution in [0, 0.1) is 13.8 Å². The van der Waals surface area contributed by atoms with Crippen LogP contribution < -0.4 is 15.6 Å². The van der Waals surface area contributed by atoms with Gasteiger partial charge in [0.1, 0.15) is 17.0 Å². The number of halogens is 1. The first-order valence-corrected chi connectivity index (χ1v) is 11.1. The minimum absolute atomic E-state index is 0.138. The van der Waals surface area contributed by atoms with Crippen LogP contribution >= 0.6 is 11.6 Å². The van der Waals surface area contributed by atoms with E-state index in [0.29, 0.717) is 33.3 Å². The maximum Gasteiger partial charge on any atom is 0.263 e. The third kappa shape index (κ3) is 4.64. The van der Waals surface area contributed by atoms with Crippen molar-refractivity contribution in [2.45, 2.75) is 13.8 Å². The molecule has 2 aromatic carbocycles. The van der Waals surface area contributed by atoms with Crippen molar-refractivity contribution in [2.24, 2.45) is 0 Å². The van der Waals surface area contributed by atoms with E-state index < -0.39 is 5.91 Å². The topological polar surface area (TPSA) is 120 Å². The summed E-state index contributed by atoms with van der Waals surface area (Å²) in [4.78, 5) is 32.7. The Labute approximate surface area is 204 Å². The number of aromatic amines is 1. The number of ether oxygens (including phenoxy) is 1. The van der Waals surface area contributed by atoms with Gasteiger partial charge in [0.05, 0.1) is 17.6 Å². The van der Waals surface area contributed by atoms with Crippen LogP contribution in [0.15, 0.2) is 65.6 Å². The maximum atomic E-state index is 12.8. The zero-order valence-electron chi connectivity index (χ0n) is 18.8. The SMILES string of the molecule is Cc1cccc(-n2ncc3c(=O)[nH]c(-n4nc(C)cc4NC(=O)COc4ccc(Cl)cc4)nc32)c1. The fourth-order valence-electron chi connectivity index (χ4n) is 3.56. The maximum absolute atomic E-state index is 12.8. The quantitative estimate of drug-likeness (QED) is 0.376. The molecule has 1 amide bonds. The van der Waals surface area contributed by atoms with Crippen molar-refractivity contribution in [3.05, 3.63) is 87.4 Å². The van der Waals surface area contributed by atoms with Crippen molar-refractivity contribution in [2.75, 3.05) is 11.9 Å². The number of benzene rings is 2. The third-order valence-electron chi connectivity index (χ3n) is 5.16. The Morgan fingerprint density at radius 2 is 1.91 bits per heavy atom. The molecule has 0 saturated heterocycles.